The summed E-state index contributed by atoms with van der Waals surface area (Å²) in [6.07, 6.45) is 2.26. The summed E-state index contributed by atoms with van der Waals surface area (Å²) < 4.78 is 7.18. The van der Waals surface area contributed by atoms with Gasteiger partial charge < -0.3 is 4.52 Å². The van der Waals surface area contributed by atoms with Crippen LogP contribution in [0.25, 0.3) is 11.6 Å². The van der Waals surface area contributed by atoms with Crippen molar-refractivity contribution in [3.05, 3.63) is 17.1 Å². The number of fused-ring (bicyclic) bond motifs is 3. The number of carbonyl (C=O) groups excluding carboxylic acids is 1. The quantitative estimate of drug-likeness (QED) is 0.791. The predicted octanol–water partition coefficient (Wildman–Crippen LogP) is 2.35. The highest BCUT2D eigenvalue weighted by Gasteiger charge is 2.53. The maximum atomic E-state index is 12.5. The van der Waals surface area contributed by atoms with Gasteiger partial charge in [0.05, 0.1) is 11.8 Å². The number of ketones is 1. The molecule has 0 saturated heterocycles. The Morgan fingerprint density at radius 3 is 2.84 bits per heavy atom. The molecule has 0 N–H and O–H groups in total. The van der Waals surface area contributed by atoms with Gasteiger partial charge in [0, 0.05) is 23.9 Å². The molecule has 1 saturated carbocycles. The Kier molecular flexibility index (Phi) is 3.36. The molecule has 2 aliphatic carbocycles. The average Bonchev–Trinajstić information content (AvgIpc) is 3.14. The van der Waals surface area contributed by atoms with E-state index in [9.17, 15) is 10.1 Å². The summed E-state index contributed by atoms with van der Waals surface area (Å²) in [6, 6.07) is 2.20. The lowest BCUT2D eigenvalue weighted by molar-refractivity contribution is -0.132. The lowest BCUT2D eigenvalue weighted by Gasteiger charge is -2.48. The number of Topliss-reactive ketones (excluding diaryl/α,β-unsaturated/α-hetero) is 1. The van der Waals surface area contributed by atoms with Crippen molar-refractivity contribution >= 4 is 5.78 Å². The van der Waals surface area contributed by atoms with E-state index in [1.807, 2.05) is 14.0 Å². The van der Waals surface area contributed by atoms with Crippen molar-refractivity contribution in [3.8, 4) is 17.7 Å². The van der Waals surface area contributed by atoms with Crippen LogP contribution in [0.15, 0.2) is 4.52 Å². The fraction of sp³-hybridized carbons (Fsp3) is 0.611. The predicted molar refractivity (Wildman–Crippen MR) is 88.3 cm³/mol. The first kappa shape index (κ1) is 16.0. The van der Waals surface area contributed by atoms with E-state index in [0.717, 1.165) is 29.8 Å². The van der Waals surface area contributed by atoms with Crippen molar-refractivity contribution in [2.24, 2.45) is 24.8 Å². The molecule has 1 fully saturated rings. The molecule has 2 aromatic heterocycles. The monoisotopic (exact) mass is 339 g/mol. The third kappa shape index (κ3) is 2.10. The normalized spacial score (nSPS) is 31.3. The van der Waals surface area contributed by atoms with Crippen LogP contribution in [0.4, 0.5) is 0 Å². The minimum absolute atomic E-state index is 0.0807. The average molecular weight is 339 g/mol. The van der Waals surface area contributed by atoms with Crippen LogP contribution in [0.3, 0.4) is 0 Å². The van der Waals surface area contributed by atoms with Crippen molar-refractivity contribution in [2.45, 2.75) is 45.4 Å². The minimum Gasteiger partial charge on any atom is -0.332 e. The Morgan fingerprint density at radius 2 is 2.20 bits per heavy atom. The van der Waals surface area contributed by atoms with E-state index in [4.69, 9.17) is 9.62 Å². The van der Waals surface area contributed by atoms with Crippen molar-refractivity contribution in [2.75, 3.05) is 0 Å². The molecule has 1 unspecified atom stereocenters. The van der Waals surface area contributed by atoms with Crippen LogP contribution >= 0.6 is 0 Å². The lowest BCUT2D eigenvalue weighted by atomic mass is 9.54. The van der Waals surface area contributed by atoms with E-state index in [2.05, 4.69) is 23.1 Å². The van der Waals surface area contributed by atoms with Gasteiger partial charge in [-0.3, -0.25) is 9.48 Å². The summed E-state index contributed by atoms with van der Waals surface area (Å²) in [7, 11) is 1.88. The standard InChI is InChI=1S/C18H21N5O2/c1-9-13-6-5-12-14(17-20-10(2)22-25-17)23(4)21-16(12)18(13,3)7-11(8-19)15(9)24/h9,11,13H,5-7H2,1-4H3/t9-,11?,13-,18-/m0/s1. The summed E-state index contributed by atoms with van der Waals surface area (Å²) in [5, 5.41) is 18.1. The molecule has 2 aliphatic rings. The summed E-state index contributed by atoms with van der Waals surface area (Å²) in [6.45, 7) is 5.91. The number of hydrogen-bond acceptors (Lipinski definition) is 6. The fourth-order valence-corrected chi connectivity index (χ4v) is 4.92. The molecule has 2 aromatic rings. The number of nitriles is 1. The molecule has 0 spiro atoms. The van der Waals surface area contributed by atoms with Crippen molar-refractivity contribution < 1.29 is 9.32 Å². The molecule has 4 rings (SSSR count). The van der Waals surface area contributed by atoms with Crippen LogP contribution < -0.4 is 0 Å². The second-order valence-corrected chi connectivity index (χ2v) is 7.59. The maximum absolute atomic E-state index is 12.5. The van der Waals surface area contributed by atoms with Gasteiger partial charge in [-0.1, -0.05) is 19.0 Å². The van der Waals surface area contributed by atoms with Gasteiger partial charge in [0.25, 0.3) is 5.89 Å². The Balaban J connectivity index is 1.87. The van der Waals surface area contributed by atoms with Crippen molar-refractivity contribution in [3.63, 3.8) is 0 Å². The van der Waals surface area contributed by atoms with Gasteiger partial charge in [-0.15, -0.1) is 0 Å². The van der Waals surface area contributed by atoms with Crippen molar-refractivity contribution in [1.29, 1.82) is 5.26 Å². The molecule has 2 heterocycles. The van der Waals surface area contributed by atoms with E-state index in [1.165, 1.54) is 0 Å². The summed E-state index contributed by atoms with van der Waals surface area (Å²) >= 11 is 0. The molecule has 0 radical (unpaired) electrons. The van der Waals surface area contributed by atoms with Gasteiger partial charge in [-0.2, -0.15) is 15.3 Å². The molecular formula is C18H21N5O2. The first-order valence-corrected chi connectivity index (χ1v) is 8.67. The number of nitrogens with zero attached hydrogens (tertiary/aromatic N) is 5. The van der Waals surface area contributed by atoms with Crippen LogP contribution in [0.5, 0.6) is 0 Å². The van der Waals surface area contributed by atoms with Crippen LogP contribution in [0.1, 0.15) is 43.8 Å². The smallest absolute Gasteiger partial charge is 0.276 e. The van der Waals surface area contributed by atoms with Gasteiger partial charge in [0.1, 0.15) is 11.6 Å². The zero-order chi connectivity index (χ0) is 17.9. The van der Waals surface area contributed by atoms with E-state index in [0.29, 0.717) is 18.1 Å². The zero-order valence-corrected chi connectivity index (χ0v) is 14.9. The van der Waals surface area contributed by atoms with Crippen LogP contribution in [-0.4, -0.2) is 25.7 Å². The first-order valence-electron chi connectivity index (χ1n) is 8.67. The summed E-state index contributed by atoms with van der Waals surface area (Å²) in [5.41, 5.74) is 2.67. The molecule has 0 aromatic carbocycles. The van der Waals surface area contributed by atoms with Gasteiger partial charge in [0.2, 0.25) is 0 Å². The lowest BCUT2D eigenvalue weighted by Crippen LogP contribution is -2.50. The van der Waals surface area contributed by atoms with Gasteiger partial charge in [0.15, 0.2) is 11.6 Å². The second-order valence-electron chi connectivity index (χ2n) is 7.59. The van der Waals surface area contributed by atoms with Gasteiger partial charge in [-0.25, -0.2) is 0 Å². The molecule has 4 atom stereocenters. The molecule has 130 valence electrons. The molecule has 25 heavy (non-hydrogen) atoms. The Morgan fingerprint density at radius 1 is 1.44 bits per heavy atom. The van der Waals surface area contributed by atoms with E-state index >= 15 is 0 Å². The van der Waals surface area contributed by atoms with Crippen LogP contribution in [-0.2, 0) is 23.7 Å². The number of carbonyl (C=O) groups is 1. The summed E-state index contributed by atoms with van der Waals surface area (Å²) in [4.78, 5) is 16.8. The highest BCUT2D eigenvalue weighted by Crippen LogP contribution is 2.53. The Labute approximate surface area is 146 Å². The van der Waals surface area contributed by atoms with Crippen LogP contribution in [0.2, 0.25) is 0 Å². The minimum atomic E-state index is -0.557. The summed E-state index contributed by atoms with van der Waals surface area (Å²) in [5.74, 6) is 0.686. The third-order valence-electron chi connectivity index (χ3n) is 6.12. The number of rotatable bonds is 1. The first-order chi connectivity index (χ1) is 11.9. The number of hydrogen-bond donors (Lipinski definition) is 0. The van der Waals surface area contributed by atoms with Gasteiger partial charge in [-0.05, 0) is 32.1 Å². The third-order valence-corrected chi connectivity index (χ3v) is 6.12. The Bertz CT molecular complexity index is 905. The highest BCUT2D eigenvalue weighted by molar-refractivity contribution is 5.87. The zero-order valence-electron chi connectivity index (χ0n) is 14.9. The van der Waals surface area contributed by atoms with Gasteiger partial charge >= 0.3 is 0 Å². The van der Waals surface area contributed by atoms with E-state index < -0.39 is 5.92 Å². The molecule has 0 aliphatic heterocycles. The molecular weight excluding hydrogens is 318 g/mol. The fourth-order valence-electron chi connectivity index (χ4n) is 4.92. The maximum Gasteiger partial charge on any atom is 0.276 e. The molecule has 7 heteroatoms. The van der Waals surface area contributed by atoms with Crippen LogP contribution in [0, 0.1) is 36.0 Å². The topological polar surface area (TPSA) is 97.6 Å². The second kappa shape index (κ2) is 5.25. The van der Waals surface area contributed by atoms with E-state index in [1.54, 1.807) is 11.6 Å². The number of aryl methyl sites for hydroxylation is 2. The molecule has 0 bridgehead atoms. The largest absolute Gasteiger partial charge is 0.332 e. The molecule has 7 nitrogen and oxygen atoms in total. The van der Waals surface area contributed by atoms with Crippen molar-refractivity contribution in [1.82, 2.24) is 19.9 Å². The Hall–Kier alpha value is -2.49. The SMILES string of the molecule is Cc1noc(-c2c3c(nn2C)[C@@]2(C)CC(C#N)C(=O)[C@@H](C)[C@@H]2CC3)n1. The molecule has 0 amide bonds. The number of aromatic nitrogens is 4. The van der Waals surface area contributed by atoms with E-state index in [-0.39, 0.29) is 23.0 Å². The highest BCUT2D eigenvalue weighted by atomic mass is 16.5.